The van der Waals surface area contributed by atoms with Crippen molar-refractivity contribution in [3.63, 3.8) is 0 Å². The lowest BCUT2D eigenvalue weighted by atomic mass is 9.45. The SMILES string of the molecule is [C-]#[N+]C1=C[C@]2(C)C3=CC(=O)CC[C@]3(CNC(=O)OC(C)(C)C)CC[C@H]2C(C)(C)C1=O. The maximum atomic E-state index is 12.9. The number of alkyl carbamates (subject to hydrolysis) is 1. The lowest BCUT2D eigenvalue weighted by Gasteiger charge is -2.59. The van der Waals surface area contributed by atoms with Gasteiger partial charge in [0.2, 0.25) is 5.70 Å². The molecule has 0 spiro atoms. The van der Waals surface area contributed by atoms with E-state index >= 15 is 0 Å². The Morgan fingerprint density at radius 3 is 2.53 bits per heavy atom. The van der Waals surface area contributed by atoms with Crippen LogP contribution in [-0.4, -0.2) is 29.8 Å². The number of nitrogens with zero attached hydrogens (tertiary/aromatic N) is 1. The van der Waals surface area contributed by atoms with Crippen LogP contribution in [0.4, 0.5) is 4.79 Å². The van der Waals surface area contributed by atoms with Gasteiger partial charge in [-0.3, -0.25) is 4.79 Å². The van der Waals surface area contributed by atoms with Gasteiger partial charge < -0.3 is 14.8 Å². The van der Waals surface area contributed by atoms with E-state index in [2.05, 4.69) is 10.2 Å². The van der Waals surface area contributed by atoms with Crippen LogP contribution < -0.4 is 5.32 Å². The highest BCUT2D eigenvalue weighted by Gasteiger charge is 2.59. The highest BCUT2D eigenvalue weighted by molar-refractivity contribution is 6.03. The molecule has 6 heteroatoms. The monoisotopic (exact) mass is 412 g/mol. The first-order chi connectivity index (χ1) is 13.7. The van der Waals surface area contributed by atoms with Crippen LogP contribution in [0.1, 0.15) is 67.2 Å². The van der Waals surface area contributed by atoms with E-state index in [0.717, 1.165) is 18.4 Å². The molecule has 0 aliphatic heterocycles. The van der Waals surface area contributed by atoms with Gasteiger partial charge in [-0.1, -0.05) is 26.8 Å². The van der Waals surface area contributed by atoms with E-state index in [1.54, 1.807) is 12.2 Å². The first-order valence-electron chi connectivity index (χ1n) is 10.6. The molecular formula is C24H32N2O4. The molecule has 3 aliphatic carbocycles. The van der Waals surface area contributed by atoms with Crippen LogP contribution in [-0.2, 0) is 14.3 Å². The van der Waals surface area contributed by atoms with Crippen LogP contribution in [0, 0.1) is 28.7 Å². The number of hydrogen-bond acceptors (Lipinski definition) is 4. The maximum Gasteiger partial charge on any atom is 0.407 e. The number of allylic oxidation sites excluding steroid dienone is 3. The van der Waals surface area contributed by atoms with Crippen molar-refractivity contribution < 1.29 is 19.1 Å². The predicted octanol–water partition coefficient (Wildman–Crippen LogP) is 4.62. The molecular weight excluding hydrogens is 380 g/mol. The molecule has 0 unspecified atom stereocenters. The van der Waals surface area contributed by atoms with Gasteiger partial charge in [-0.15, -0.1) is 0 Å². The second kappa shape index (κ2) is 7.08. The summed E-state index contributed by atoms with van der Waals surface area (Å²) in [5.41, 5.74) is -1.14. The molecule has 3 rings (SSSR count). The first kappa shape index (κ1) is 22.3. The fourth-order valence-electron chi connectivity index (χ4n) is 5.82. The van der Waals surface area contributed by atoms with Crippen LogP contribution in [0.15, 0.2) is 23.4 Å². The molecule has 0 heterocycles. The number of rotatable bonds is 2. The normalized spacial score (nSPS) is 32.8. The van der Waals surface area contributed by atoms with E-state index in [1.165, 1.54) is 0 Å². The number of Topliss-reactive ketones (excluding diaryl/α,β-unsaturated/α-hetero) is 1. The highest BCUT2D eigenvalue weighted by atomic mass is 16.6. The Morgan fingerprint density at radius 2 is 1.93 bits per heavy atom. The van der Waals surface area contributed by atoms with E-state index < -0.39 is 22.5 Å². The van der Waals surface area contributed by atoms with Gasteiger partial charge >= 0.3 is 6.09 Å². The summed E-state index contributed by atoms with van der Waals surface area (Å²) >= 11 is 0. The third-order valence-corrected chi connectivity index (χ3v) is 7.16. The minimum Gasteiger partial charge on any atom is -0.444 e. The number of fused-ring (bicyclic) bond motifs is 3. The van der Waals surface area contributed by atoms with E-state index in [0.29, 0.717) is 19.4 Å². The molecule has 1 amide bonds. The number of hydrogen-bond donors (Lipinski definition) is 1. The van der Waals surface area contributed by atoms with Crippen molar-refractivity contribution in [2.75, 3.05) is 6.54 Å². The average molecular weight is 413 g/mol. The second-order valence-corrected chi connectivity index (χ2v) is 10.7. The highest BCUT2D eigenvalue weighted by Crippen LogP contribution is 2.64. The van der Waals surface area contributed by atoms with Crippen LogP contribution in [0.5, 0.6) is 0 Å². The van der Waals surface area contributed by atoms with Crippen molar-refractivity contribution >= 4 is 17.7 Å². The Morgan fingerprint density at radius 1 is 1.27 bits per heavy atom. The van der Waals surface area contributed by atoms with Gasteiger partial charge in [-0.25, -0.2) is 9.64 Å². The number of ketones is 2. The lowest BCUT2D eigenvalue weighted by molar-refractivity contribution is -0.131. The maximum absolute atomic E-state index is 12.9. The molecule has 162 valence electrons. The molecule has 0 radical (unpaired) electrons. The van der Waals surface area contributed by atoms with Gasteiger partial charge in [-0.05, 0) is 57.6 Å². The van der Waals surface area contributed by atoms with Crippen molar-refractivity contribution in [2.45, 2.75) is 72.8 Å². The van der Waals surface area contributed by atoms with Gasteiger partial charge in [0.15, 0.2) is 11.6 Å². The van der Waals surface area contributed by atoms with Crippen molar-refractivity contribution in [3.05, 3.63) is 34.8 Å². The Hall–Kier alpha value is -2.42. The molecule has 1 N–H and O–H groups in total. The Bertz CT molecular complexity index is 899. The number of amides is 1. The van der Waals surface area contributed by atoms with Crippen LogP contribution >= 0.6 is 0 Å². The minimum atomic E-state index is -0.685. The Kier molecular flexibility index (Phi) is 5.25. The van der Waals surface area contributed by atoms with E-state index in [4.69, 9.17) is 11.3 Å². The molecule has 0 aromatic rings. The smallest absolute Gasteiger partial charge is 0.407 e. The van der Waals surface area contributed by atoms with Crippen molar-refractivity contribution in [1.29, 1.82) is 0 Å². The number of carbonyl (C=O) groups excluding carboxylic acids is 3. The summed E-state index contributed by atoms with van der Waals surface area (Å²) in [5.74, 6) is -0.0656. The van der Waals surface area contributed by atoms with Gasteiger partial charge in [0.05, 0.1) is 6.57 Å². The quantitative estimate of drug-likeness (QED) is 0.672. The molecule has 0 aromatic carbocycles. The van der Waals surface area contributed by atoms with Crippen molar-refractivity contribution in [2.24, 2.45) is 22.2 Å². The summed E-state index contributed by atoms with van der Waals surface area (Å²) in [7, 11) is 0. The van der Waals surface area contributed by atoms with Crippen LogP contribution in [0.2, 0.25) is 0 Å². The van der Waals surface area contributed by atoms with Crippen LogP contribution in [0.3, 0.4) is 0 Å². The molecule has 0 bridgehead atoms. The van der Waals surface area contributed by atoms with Crippen molar-refractivity contribution in [3.8, 4) is 0 Å². The minimum absolute atomic E-state index is 0.00481. The van der Waals surface area contributed by atoms with E-state index in [-0.39, 0.29) is 28.6 Å². The zero-order chi connectivity index (χ0) is 22.5. The third-order valence-electron chi connectivity index (χ3n) is 7.16. The second-order valence-electron chi connectivity index (χ2n) is 10.7. The Balaban J connectivity index is 2.02. The molecule has 3 atom stereocenters. The summed E-state index contributed by atoms with van der Waals surface area (Å²) in [6.07, 6.45) is 5.67. The predicted molar refractivity (Wildman–Crippen MR) is 113 cm³/mol. The topological polar surface area (TPSA) is 76.8 Å². The molecule has 0 saturated heterocycles. The van der Waals surface area contributed by atoms with Gasteiger partial charge in [0.1, 0.15) is 5.60 Å². The molecule has 6 nitrogen and oxygen atoms in total. The number of carbonyl (C=O) groups is 3. The largest absolute Gasteiger partial charge is 0.444 e. The summed E-state index contributed by atoms with van der Waals surface area (Å²) in [6, 6.07) is 0. The average Bonchev–Trinajstić information content (AvgIpc) is 2.63. The summed E-state index contributed by atoms with van der Waals surface area (Å²) in [6.45, 7) is 19.2. The van der Waals surface area contributed by atoms with Gasteiger partial charge in [-0.2, -0.15) is 0 Å². The molecule has 3 aliphatic rings. The third kappa shape index (κ3) is 3.59. The van der Waals surface area contributed by atoms with Crippen LogP contribution in [0.25, 0.3) is 4.85 Å². The molecule has 1 fully saturated rings. The molecule has 30 heavy (non-hydrogen) atoms. The number of ether oxygens (including phenoxy) is 1. The molecule has 1 saturated carbocycles. The van der Waals surface area contributed by atoms with E-state index in [9.17, 15) is 14.4 Å². The fraction of sp³-hybridized carbons (Fsp3) is 0.667. The zero-order valence-corrected chi connectivity index (χ0v) is 18.8. The van der Waals surface area contributed by atoms with Crippen molar-refractivity contribution in [1.82, 2.24) is 5.32 Å². The van der Waals surface area contributed by atoms with Gasteiger partial charge in [0, 0.05) is 29.2 Å². The fourth-order valence-corrected chi connectivity index (χ4v) is 5.82. The summed E-state index contributed by atoms with van der Waals surface area (Å²) in [5, 5.41) is 2.92. The summed E-state index contributed by atoms with van der Waals surface area (Å²) < 4.78 is 5.41. The number of nitrogens with one attached hydrogen (secondary N) is 1. The summed E-state index contributed by atoms with van der Waals surface area (Å²) in [4.78, 5) is 41.2. The van der Waals surface area contributed by atoms with E-state index in [1.807, 2.05) is 41.5 Å². The standard InChI is InChI=1S/C24H32N2O4/c1-21(2,3)30-20(29)26-14-24-10-8-15(27)12-18(24)23(6)13-16(25-7)19(28)22(4,5)17(23)9-11-24/h12-13,17H,8-11,14H2,1-6H3,(H,26,29)/t17-,23-,24+/m0/s1. The molecule has 0 aromatic heterocycles. The van der Waals surface area contributed by atoms with Gasteiger partial charge in [0.25, 0.3) is 0 Å². The Labute approximate surface area is 178 Å². The zero-order valence-electron chi connectivity index (χ0n) is 18.8. The first-order valence-corrected chi connectivity index (χ1v) is 10.6. The lowest BCUT2D eigenvalue weighted by Crippen LogP contribution is -2.56.